The van der Waals surface area contributed by atoms with E-state index in [0.717, 1.165) is 22.9 Å². The molecule has 7 heteroatoms. The first-order valence-corrected chi connectivity index (χ1v) is 8.19. The average molecular weight is 311 g/mol. The summed E-state index contributed by atoms with van der Waals surface area (Å²) in [4.78, 5) is 21.4. The minimum Gasteiger partial charge on any atom is -0.381 e. The van der Waals surface area contributed by atoms with Gasteiger partial charge in [0, 0.05) is 18.2 Å². The van der Waals surface area contributed by atoms with Gasteiger partial charge in [0.05, 0.1) is 18.7 Å². The summed E-state index contributed by atoms with van der Waals surface area (Å²) in [6.45, 7) is 0.929. The van der Waals surface area contributed by atoms with Crippen LogP contribution in [0.25, 0.3) is 10.9 Å². The van der Waals surface area contributed by atoms with Crippen LogP contribution in [0.5, 0.6) is 0 Å². The van der Waals surface area contributed by atoms with Crippen molar-refractivity contribution in [2.45, 2.75) is 12.8 Å². The summed E-state index contributed by atoms with van der Waals surface area (Å²) in [6.07, 6.45) is 3.03. The molecule has 0 amide bonds. The third-order valence-electron chi connectivity index (χ3n) is 2.87. The summed E-state index contributed by atoms with van der Waals surface area (Å²) in [7, 11) is -4.36. The van der Waals surface area contributed by atoms with Crippen molar-refractivity contribution in [3.8, 4) is 0 Å². The Balaban J connectivity index is 1.67. The molecule has 0 atom stereocenters. The Morgan fingerprint density at radius 3 is 2.76 bits per heavy atom. The van der Waals surface area contributed by atoms with Crippen molar-refractivity contribution in [3.05, 3.63) is 42.1 Å². The summed E-state index contributed by atoms with van der Waals surface area (Å²) in [5, 5.41) is 1.10. The average Bonchev–Trinajstić information content (AvgIpc) is 2.45. The van der Waals surface area contributed by atoms with Gasteiger partial charge in [-0.05, 0) is 30.5 Å². The van der Waals surface area contributed by atoms with Crippen molar-refractivity contribution < 1.29 is 23.6 Å². The van der Waals surface area contributed by atoms with E-state index in [2.05, 4.69) is 15.6 Å². The number of hydrogen-bond donors (Lipinski definition) is 2. The van der Waals surface area contributed by atoms with Crippen LogP contribution in [0.15, 0.2) is 36.5 Å². The Morgan fingerprint density at radius 2 is 1.95 bits per heavy atom. The number of benzene rings is 1. The highest BCUT2D eigenvalue weighted by molar-refractivity contribution is 7.46. The van der Waals surface area contributed by atoms with E-state index in [-0.39, 0.29) is 6.61 Å². The molecule has 6 nitrogen and oxygen atoms in total. The van der Waals surface area contributed by atoms with Gasteiger partial charge in [-0.2, -0.15) is 0 Å². The lowest BCUT2D eigenvalue weighted by atomic mass is 10.1. The smallest absolute Gasteiger partial charge is 0.381 e. The van der Waals surface area contributed by atoms with Gasteiger partial charge in [0.25, 0.3) is 0 Å². The second-order valence-corrected chi connectivity index (χ2v) is 5.82. The Labute approximate surface area is 123 Å². The number of para-hydroxylation sites is 1. The fourth-order valence-corrected chi connectivity index (χ4v) is 2.26. The van der Waals surface area contributed by atoms with Crippen molar-refractivity contribution in [3.63, 3.8) is 0 Å². The van der Waals surface area contributed by atoms with Gasteiger partial charge in [-0.1, -0.05) is 18.2 Å². The molecule has 114 valence electrons. The first-order chi connectivity index (χ1) is 10.0. The molecule has 1 heterocycles. The molecule has 0 fully saturated rings. The summed E-state index contributed by atoms with van der Waals surface area (Å²) in [6, 6.07) is 10.0. The van der Waals surface area contributed by atoms with E-state index in [4.69, 9.17) is 14.5 Å². The van der Waals surface area contributed by atoms with Crippen LogP contribution in [0.1, 0.15) is 12.0 Å². The molecule has 0 radical (unpaired) electrons. The SMILES string of the molecule is O=P(O)(O)OCCCOCCc1cnc2ccccc2c1. The van der Waals surface area contributed by atoms with Crippen LogP contribution >= 0.6 is 7.82 Å². The minimum atomic E-state index is -4.36. The van der Waals surface area contributed by atoms with Gasteiger partial charge in [-0.15, -0.1) is 0 Å². The lowest BCUT2D eigenvalue weighted by Gasteiger charge is -2.06. The lowest BCUT2D eigenvalue weighted by Crippen LogP contribution is -2.03. The zero-order chi connectivity index (χ0) is 15.1. The Hall–Kier alpha value is -1.30. The molecule has 21 heavy (non-hydrogen) atoms. The van der Waals surface area contributed by atoms with Crippen molar-refractivity contribution in [2.75, 3.05) is 19.8 Å². The van der Waals surface area contributed by atoms with Crippen LogP contribution < -0.4 is 0 Å². The quantitative estimate of drug-likeness (QED) is 0.574. The number of phosphoric acid groups is 1. The van der Waals surface area contributed by atoms with Crippen molar-refractivity contribution >= 4 is 18.7 Å². The number of fused-ring (bicyclic) bond motifs is 1. The van der Waals surface area contributed by atoms with Gasteiger partial charge >= 0.3 is 7.82 Å². The highest BCUT2D eigenvalue weighted by Gasteiger charge is 2.12. The largest absolute Gasteiger partial charge is 0.469 e. The molecule has 0 bridgehead atoms. The Kier molecular flexibility index (Phi) is 5.85. The van der Waals surface area contributed by atoms with Gasteiger partial charge in [0.15, 0.2) is 0 Å². The normalized spacial score (nSPS) is 11.9. The van der Waals surface area contributed by atoms with E-state index in [1.165, 1.54) is 0 Å². The zero-order valence-electron chi connectivity index (χ0n) is 11.5. The minimum absolute atomic E-state index is 0.0121. The fourth-order valence-electron chi connectivity index (χ4n) is 1.89. The number of rotatable bonds is 8. The molecule has 1 aromatic heterocycles. The highest BCUT2D eigenvalue weighted by Crippen LogP contribution is 2.35. The summed E-state index contributed by atoms with van der Waals surface area (Å²) >= 11 is 0. The molecule has 1 aromatic carbocycles. The summed E-state index contributed by atoms with van der Waals surface area (Å²) in [5.74, 6) is 0. The van der Waals surface area contributed by atoms with Crippen LogP contribution in [-0.4, -0.2) is 34.6 Å². The molecule has 0 aliphatic rings. The van der Waals surface area contributed by atoms with Crippen molar-refractivity contribution in [1.82, 2.24) is 4.98 Å². The third kappa shape index (κ3) is 5.91. The standard InChI is InChI=1S/C14H18NO5P/c16-21(17,18)20-8-3-7-19-9-6-12-10-13-4-1-2-5-14(13)15-11-12/h1-2,4-5,10-11H,3,6-9H2,(H2,16,17,18). The second-order valence-electron chi connectivity index (χ2n) is 4.58. The maximum atomic E-state index is 10.4. The molecule has 2 N–H and O–H groups in total. The van der Waals surface area contributed by atoms with E-state index in [0.29, 0.717) is 19.6 Å². The van der Waals surface area contributed by atoms with Crippen LogP contribution in [0.3, 0.4) is 0 Å². The van der Waals surface area contributed by atoms with E-state index in [1.807, 2.05) is 30.5 Å². The third-order valence-corrected chi connectivity index (χ3v) is 3.39. The first kappa shape index (κ1) is 16.1. The summed E-state index contributed by atoms with van der Waals surface area (Å²) < 4.78 is 20.2. The van der Waals surface area contributed by atoms with Gasteiger partial charge < -0.3 is 14.5 Å². The highest BCUT2D eigenvalue weighted by atomic mass is 31.2. The van der Waals surface area contributed by atoms with Gasteiger partial charge in [-0.3, -0.25) is 9.51 Å². The maximum absolute atomic E-state index is 10.4. The molecule has 0 saturated carbocycles. The fraction of sp³-hybridized carbons (Fsp3) is 0.357. The topological polar surface area (TPSA) is 88.9 Å². The van der Waals surface area contributed by atoms with E-state index >= 15 is 0 Å². The number of ether oxygens (including phenoxy) is 1. The van der Waals surface area contributed by atoms with Gasteiger partial charge in [-0.25, -0.2) is 4.57 Å². The number of aromatic nitrogens is 1. The molecular formula is C14H18NO5P. The number of hydrogen-bond acceptors (Lipinski definition) is 4. The Bertz CT molecular complexity index is 628. The number of nitrogens with zero attached hydrogens (tertiary/aromatic N) is 1. The molecule has 0 saturated heterocycles. The predicted octanol–water partition coefficient (Wildman–Crippen LogP) is 2.29. The van der Waals surface area contributed by atoms with Gasteiger partial charge in [0.1, 0.15) is 0 Å². The van der Waals surface area contributed by atoms with E-state index < -0.39 is 7.82 Å². The number of pyridine rings is 1. The molecule has 0 spiro atoms. The number of phosphoric ester groups is 1. The van der Waals surface area contributed by atoms with Crippen molar-refractivity contribution in [2.24, 2.45) is 0 Å². The molecule has 2 aromatic rings. The lowest BCUT2D eigenvalue weighted by molar-refractivity contribution is 0.113. The monoisotopic (exact) mass is 311 g/mol. The molecule has 0 aliphatic heterocycles. The van der Waals surface area contributed by atoms with Crippen LogP contribution in [0.2, 0.25) is 0 Å². The van der Waals surface area contributed by atoms with Crippen LogP contribution in [0, 0.1) is 0 Å². The zero-order valence-corrected chi connectivity index (χ0v) is 12.4. The van der Waals surface area contributed by atoms with Gasteiger partial charge in [0.2, 0.25) is 0 Å². The first-order valence-electron chi connectivity index (χ1n) is 6.66. The molecule has 2 rings (SSSR count). The molecular weight excluding hydrogens is 293 g/mol. The molecule has 0 unspecified atom stereocenters. The van der Waals surface area contributed by atoms with Crippen LogP contribution in [-0.2, 0) is 20.2 Å². The van der Waals surface area contributed by atoms with Crippen LogP contribution in [0.4, 0.5) is 0 Å². The Morgan fingerprint density at radius 1 is 1.14 bits per heavy atom. The second kappa shape index (κ2) is 7.64. The van der Waals surface area contributed by atoms with E-state index in [9.17, 15) is 4.57 Å². The van der Waals surface area contributed by atoms with Crippen molar-refractivity contribution in [1.29, 1.82) is 0 Å². The molecule has 0 aliphatic carbocycles. The summed E-state index contributed by atoms with van der Waals surface area (Å²) in [5.41, 5.74) is 2.07. The predicted molar refractivity (Wildman–Crippen MR) is 78.9 cm³/mol. The van der Waals surface area contributed by atoms with E-state index in [1.54, 1.807) is 0 Å². The maximum Gasteiger partial charge on any atom is 0.469 e.